The van der Waals surface area contributed by atoms with Crippen LogP contribution in [0.1, 0.15) is 0 Å². The van der Waals surface area contributed by atoms with Crippen molar-refractivity contribution in [3.05, 3.63) is 55.4 Å². The van der Waals surface area contributed by atoms with Crippen LogP contribution in [-0.4, -0.2) is 15.0 Å². The Balaban J connectivity index is 2.01. The highest BCUT2D eigenvalue weighted by Crippen LogP contribution is 2.16. The highest BCUT2D eigenvalue weighted by atomic mass is 15.0. The third-order valence-electron chi connectivity index (χ3n) is 3.05. The molecule has 0 N–H and O–H groups in total. The van der Waals surface area contributed by atoms with Gasteiger partial charge in [-0.05, 0) is 0 Å². The molecule has 3 rings (SSSR count). The fraction of sp³-hybridized carbons (Fsp3) is 0.133. The monoisotopic (exact) mass is 265 g/mol. The third-order valence-corrected chi connectivity index (χ3v) is 3.05. The van der Waals surface area contributed by atoms with E-state index in [0.717, 1.165) is 11.1 Å². The van der Waals surface area contributed by atoms with Crippen LogP contribution in [-0.2, 0) is 14.1 Å². The van der Waals surface area contributed by atoms with Gasteiger partial charge >= 0.3 is 0 Å². The van der Waals surface area contributed by atoms with E-state index in [2.05, 4.69) is 15.0 Å². The Morgan fingerprint density at radius 1 is 0.700 bits per heavy atom. The van der Waals surface area contributed by atoms with E-state index in [1.54, 1.807) is 6.33 Å². The molecule has 0 amide bonds. The first-order valence-electron chi connectivity index (χ1n) is 6.33. The van der Waals surface area contributed by atoms with Gasteiger partial charge in [0, 0.05) is 35.4 Å². The molecule has 0 saturated carbocycles. The van der Waals surface area contributed by atoms with Crippen LogP contribution in [0.25, 0.3) is 22.8 Å². The van der Waals surface area contributed by atoms with Crippen LogP contribution in [0.3, 0.4) is 0 Å². The molecule has 3 aromatic rings. The fourth-order valence-corrected chi connectivity index (χ4v) is 1.87. The summed E-state index contributed by atoms with van der Waals surface area (Å²) in [5.41, 5.74) is 1.96. The second-order valence-electron chi connectivity index (χ2n) is 4.64. The average molecular weight is 265 g/mol. The number of rotatable bonds is 2. The first-order valence-corrected chi connectivity index (χ1v) is 6.33. The highest BCUT2D eigenvalue weighted by Gasteiger charge is 2.08. The van der Waals surface area contributed by atoms with Crippen LogP contribution < -0.4 is 9.13 Å². The Bertz CT molecular complexity index is 659. The second-order valence-corrected chi connectivity index (χ2v) is 4.64. The Labute approximate surface area is 117 Å². The van der Waals surface area contributed by atoms with E-state index in [1.165, 1.54) is 0 Å². The van der Waals surface area contributed by atoms with Gasteiger partial charge in [-0.15, -0.1) is 0 Å². The Hall–Kier alpha value is -2.69. The van der Waals surface area contributed by atoms with Crippen molar-refractivity contribution in [1.82, 2.24) is 15.0 Å². The molecule has 0 aliphatic carbocycles. The van der Waals surface area contributed by atoms with Crippen LogP contribution in [0, 0.1) is 0 Å². The van der Waals surface area contributed by atoms with Gasteiger partial charge in [-0.2, -0.15) is 0 Å². The minimum atomic E-state index is 0.684. The van der Waals surface area contributed by atoms with Crippen molar-refractivity contribution >= 4 is 0 Å². The molecule has 5 nitrogen and oxygen atoms in total. The lowest BCUT2D eigenvalue weighted by molar-refractivity contribution is -0.671. The molecular weight excluding hydrogens is 250 g/mol. The Morgan fingerprint density at radius 3 is 1.50 bits per heavy atom. The molecule has 0 atom stereocenters. The molecule has 0 spiro atoms. The normalized spacial score (nSPS) is 10.5. The molecule has 0 aliphatic rings. The van der Waals surface area contributed by atoms with Gasteiger partial charge in [0.2, 0.25) is 0 Å². The molecule has 0 aromatic carbocycles. The molecule has 3 aromatic heterocycles. The van der Waals surface area contributed by atoms with Crippen molar-refractivity contribution in [2.24, 2.45) is 14.1 Å². The first-order chi connectivity index (χ1) is 9.72. The van der Waals surface area contributed by atoms with Crippen LogP contribution in [0.2, 0.25) is 0 Å². The van der Waals surface area contributed by atoms with Crippen molar-refractivity contribution in [2.45, 2.75) is 0 Å². The minimum Gasteiger partial charge on any atom is -0.217 e. The van der Waals surface area contributed by atoms with Crippen molar-refractivity contribution in [2.75, 3.05) is 0 Å². The topological polar surface area (TPSA) is 46.4 Å². The zero-order valence-corrected chi connectivity index (χ0v) is 11.4. The molecule has 0 unspecified atom stereocenters. The van der Waals surface area contributed by atoms with Gasteiger partial charge in [0.15, 0.2) is 36.4 Å². The van der Waals surface area contributed by atoms with Gasteiger partial charge in [-0.3, -0.25) is 0 Å². The van der Waals surface area contributed by atoms with Gasteiger partial charge in [-0.1, -0.05) is 0 Å². The van der Waals surface area contributed by atoms with Crippen LogP contribution in [0.5, 0.6) is 0 Å². The van der Waals surface area contributed by atoms with E-state index >= 15 is 0 Å². The van der Waals surface area contributed by atoms with Crippen LogP contribution in [0.15, 0.2) is 55.4 Å². The summed E-state index contributed by atoms with van der Waals surface area (Å²) in [4.78, 5) is 13.0. The molecule has 0 saturated heterocycles. The number of aromatic nitrogens is 5. The van der Waals surface area contributed by atoms with Crippen LogP contribution >= 0.6 is 0 Å². The van der Waals surface area contributed by atoms with E-state index in [1.807, 2.05) is 72.3 Å². The van der Waals surface area contributed by atoms with E-state index in [-0.39, 0.29) is 0 Å². The lowest BCUT2D eigenvalue weighted by Gasteiger charge is -2.02. The highest BCUT2D eigenvalue weighted by molar-refractivity contribution is 5.58. The maximum Gasteiger partial charge on any atom is 0.169 e. The van der Waals surface area contributed by atoms with Crippen molar-refractivity contribution in [3.8, 4) is 22.8 Å². The standard InChI is InChI=1S/C15H15N5/c1-19-7-3-12(4-8-19)14-16-11-17-15(18-14)13-5-9-20(2)10-6-13/h3-11H,1-2H3/q+2. The van der Waals surface area contributed by atoms with Gasteiger partial charge < -0.3 is 0 Å². The van der Waals surface area contributed by atoms with Crippen molar-refractivity contribution in [3.63, 3.8) is 0 Å². The summed E-state index contributed by atoms with van der Waals surface area (Å²) in [5.74, 6) is 1.37. The lowest BCUT2D eigenvalue weighted by Crippen LogP contribution is -2.25. The van der Waals surface area contributed by atoms with Crippen molar-refractivity contribution in [1.29, 1.82) is 0 Å². The van der Waals surface area contributed by atoms with Gasteiger partial charge in [-0.25, -0.2) is 24.1 Å². The molecule has 0 fully saturated rings. The molecular formula is C15H15N5+2. The SMILES string of the molecule is C[n+]1ccc(-c2ncnc(-c3cc[n+](C)cc3)n2)cc1. The average Bonchev–Trinajstić information content (AvgIpc) is 2.49. The molecule has 3 heterocycles. The third kappa shape index (κ3) is 2.51. The molecule has 98 valence electrons. The zero-order valence-electron chi connectivity index (χ0n) is 11.4. The minimum absolute atomic E-state index is 0.684. The number of hydrogen-bond acceptors (Lipinski definition) is 3. The maximum atomic E-state index is 4.53. The van der Waals surface area contributed by atoms with Crippen LogP contribution in [0.4, 0.5) is 0 Å². The quantitative estimate of drug-likeness (QED) is 0.645. The van der Waals surface area contributed by atoms with Gasteiger partial charge in [0.05, 0.1) is 0 Å². The van der Waals surface area contributed by atoms with Gasteiger partial charge in [0.25, 0.3) is 0 Å². The smallest absolute Gasteiger partial charge is 0.169 e. The Morgan fingerprint density at radius 2 is 1.10 bits per heavy atom. The number of hydrogen-bond donors (Lipinski definition) is 0. The first kappa shape index (κ1) is 12.3. The van der Waals surface area contributed by atoms with Gasteiger partial charge in [0.1, 0.15) is 20.4 Å². The molecule has 0 aliphatic heterocycles. The molecule has 20 heavy (non-hydrogen) atoms. The number of nitrogens with zero attached hydrogens (tertiary/aromatic N) is 5. The number of pyridine rings is 2. The fourth-order valence-electron chi connectivity index (χ4n) is 1.87. The summed E-state index contributed by atoms with van der Waals surface area (Å²) in [6, 6.07) is 7.96. The van der Waals surface area contributed by atoms with E-state index in [0.29, 0.717) is 11.6 Å². The number of aryl methyl sites for hydroxylation is 2. The van der Waals surface area contributed by atoms with E-state index in [4.69, 9.17) is 0 Å². The molecule has 5 heteroatoms. The molecule has 0 bridgehead atoms. The predicted molar refractivity (Wildman–Crippen MR) is 73.1 cm³/mol. The summed E-state index contributed by atoms with van der Waals surface area (Å²) in [6.45, 7) is 0. The lowest BCUT2D eigenvalue weighted by atomic mass is 10.2. The summed E-state index contributed by atoms with van der Waals surface area (Å²) in [7, 11) is 3.96. The van der Waals surface area contributed by atoms with E-state index < -0.39 is 0 Å². The summed E-state index contributed by atoms with van der Waals surface area (Å²) in [5, 5.41) is 0. The maximum absolute atomic E-state index is 4.53. The Kier molecular flexibility index (Phi) is 3.16. The zero-order chi connectivity index (χ0) is 13.9. The predicted octanol–water partition coefficient (Wildman–Crippen LogP) is 0.855. The summed E-state index contributed by atoms with van der Waals surface area (Å²) >= 11 is 0. The molecule has 0 radical (unpaired) electrons. The summed E-state index contributed by atoms with van der Waals surface area (Å²) in [6.07, 6.45) is 9.45. The summed E-state index contributed by atoms with van der Waals surface area (Å²) < 4.78 is 3.95. The van der Waals surface area contributed by atoms with Crippen molar-refractivity contribution < 1.29 is 9.13 Å². The van der Waals surface area contributed by atoms with E-state index in [9.17, 15) is 0 Å². The second kappa shape index (κ2) is 5.13. The largest absolute Gasteiger partial charge is 0.217 e.